The van der Waals surface area contributed by atoms with Crippen LogP contribution in [0.3, 0.4) is 0 Å². The predicted octanol–water partition coefficient (Wildman–Crippen LogP) is 1.11. The second kappa shape index (κ2) is 6.58. The van der Waals surface area contributed by atoms with Crippen molar-refractivity contribution < 1.29 is 4.79 Å². The molecule has 2 aliphatic rings. The monoisotopic (exact) mass is 287 g/mol. The molecule has 0 bridgehead atoms. The Hall–Kier alpha value is -1.39. The summed E-state index contributed by atoms with van der Waals surface area (Å²) in [4.78, 5) is 16.9. The SMILES string of the molecule is N[C@H](Cc1ccccc1)C(=O)N1CCN(CC2CC2)CC1. The Morgan fingerprint density at radius 2 is 1.81 bits per heavy atom. The smallest absolute Gasteiger partial charge is 0.239 e. The van der Waals surface area contributed by atoms with Crippen LogP contribution in [0.4, 0.5) is 0 Å². The third kappa shape index (κ3) is 4.05. The molecule has 114 valence electrons. The van der Waals surface area contributed by atoms with Crippen LogP contribution in [0.5, 0.6) is 0 Å². The van der Waals surface area contributed by atoms with Gasteiger partial charge < -0.3 is 10.6 Å². The Morgan fingerprint density at radius 3 is 2.43 bits per heavy atom. The lowest BCUT2D eigenvalue weighted by Crippen LogP contribution is -2.53. The van der Waals surface area contributed by atoms with E-state index in [2.05, 4.69) is 4.90 Å². The van der Waals surface area contributed by atoms with Crippen LogP contribution in [0.25, 0.3) is 0 Å². The van der Waals surface area contributed by atoms with Crippen molar-refractivity contribution in [1.82, 2.24) is 9.80 Å². The first-order valence-electron chi connectivity index (χ1n) is 8.03. The number of hydrogen-bond acceptors (Lipinski definition) is 3. The number of rotatable bonds is 5. The molecule has 21 heavy (non-hydrogen) atoms. The van der Waals surface area contributed by atoms with Gasteiger partial charge in [0.1, 0.15) is 0 Å². The van der Waals surface area contributed by atoms with Crippen molar-refractivity contribution in [1.29, 1.82) is 0 Å². The van der Waals surface area contributed by atoms with Gasteiger partial charge in [-0.1, -0.05) is 30.3 Å². The van der Waals surface area contributed by atoms with E-state index >= 15 is 0 Å². The summed E-state index contributed by atoms with van der Waals surface area (Å²) in [5.74, 6) is 1.03. The number of hydrogen-bond donors (Lipinski definition) is 1. The molecular weight excluding hydrogens is 262 g/mol. The minimum Gasteiger partial charge on any atom is -0.339 e. The maximum Gasteiger partial charge on any atom is 0.239 e. The predicted molar refractivity (Wildman–Crippen MR) is 83.9 cm³/mol. The maximum absolute atomic E-state index is 12.4. The molecule has 2 N–H and O–H groups in total. The molecule has 1 saturated carbocycles. The maximum atomic E-state index is 12.4. The van der Waals surface area contributed by atoms with Crippen molar-refractivity contribution in [3.8, 4) is 0 Å². The second-order valence-corrected chi connectivity index (χ2v) is 6.37. The number of benzene rings is 1. The lowest BCUT2D eigenvalue weighted by molar-refractivity contribution is -0.134. The van der Waals surface area contributed by atoms with Gasteiger partial charge in [-0.3, -0.25) is 9.69 Å². The number of nitrogens with two attached hydrogens (primary N) is 1. The number of carbonyl (C=O) groups excluding carboxylic acids is 1. The molecule has 1 aliphatic heterocycles. The zero-order chi connectivity index (χ0) is 14.7. The van der Waals surface area contributed by atoms with E-state index in [4.69, 9.17) is 5.73 Å². The fourth-order valence-electron chi connectivity index (χ4n) is 3.01. The van der Waals surface area contributed by atoms with Crippen molar-refractivity contribution in [2.45, 2.75) is 25.3 Å². The fourth-order valence-corrected chi connectivity index (χ4v) is 3.01. The van der Waals surface area contributed by atoms with Gasteiger partial charge in [-0.2, -0.15) is 0 Å². The first-order valence-corrected chi connectivity index (χ1v) is 8.03. The topological polar surface area (TPSA) is 49.6 Å². The number of nitrogens with zero attached hydrogens (tertiary/aromatic N) is 2. The van der Waals surface area contributed by atoms with Crippen LogP contribution in [0.15, 0.2) is 30.3 Å². The summed E-state index contributed by atoms with van der Waals surface area (Å²) in [6.45, 7) is 4.88. The van der Waals surface area contributed by atoms with Crippen molar-refractivity contribution in [2.24, 2.45) is 11.7 Å². The second-order valence-electron chi connectivity index (χ2n) is 6.37. The first kappa shape index (κ1) is 14.5. The lowest BCUT2D eigenvalue weighted by Gasteiger charge is -2.36. The largest absolute Gasteiger partial charge is 0.339 e. The van der Waals surface area contributed by atoms with Gasteiger partial charge in [-0.05, 0) is 30.7 Å². The van der Waals surface area contributed by atoms with Gasteiger partial charge in [0.2, 0.25) is 5.91 Å². The standard InChI is InChI=1S/C17H25N3O/c18-16(12-14-4-2-1-3-5-14)17(21)20-10-8-19(9-11-20)13-15-6-7-15/h1-5,15-16H,6-13,18H2/t16-/m1/s1. The first-order chi connectivity index (χ1) is 10.2. The van der Waals surface area contributed by atoms with Crippen molar-refractivity contribution >= 4 is 5.91 Å². The van der Waals surface area contributed by atoms with E-state index in [0.717, 1.165) is 37.7 Å². The van der Waals surface area contributed by atoms with Crippen molar-refractivity contribution in [2.75, 3.05) is 32.7 Å². The van der Waals surface area contributed by atoms with Gasteiger partial charge in [0.05, 0.1) is 6.04 Å². The highest BCUT2D eigenvalue weighted by atomic mass is 16.2. The third-order valence-corrected chi connectivity index (χ3v) is 4.51. The van der Waals surface area contributed by atoms with Gasteiger partial charge >= 0.3 is 0 Å². The fraction of sp³-hybridized carbons (Fsp3) is 0.588. The summed E-state index contributed by atoms with van der Waals surface area (Å²) in [6.07, 6.45) is 3.41. The zero-order valence-electron chi connectivity index (χ0n) is 12.6. The Balaban J connectivity index is 1.46. The molecule has 0 unspecified atom stereocenters. The Labute approximate surface area is 126 Å². The van der Waals surface area contributed by atoms with Gasteiger partial charge in [0.15, 0.2) is 0 Å². The van der Waals surface area contributed by atoms with Gasteiger partial charge in [0.25, 0.3) is 0 Å². The highest BCUT2D eigenvalue weighted by Crippen LogP contribution is 2.29. The molecule has 1 aromatic carbocycles. The molecule has 1 atom stereocenters. The molecule has 4 nitrogen and oxygen atoms in total. The Kier molecular flexibility index (Phi) is 4.56. The molecule has 1 aliphatic carbocycles. The van der Waals surface area contributed by atoms with E-state index in [1.54, 1.807) is 0 Å². The molecule has 1 saturated heterocycles. The van der Waals surface area contributed by atoms with Gasteiger partial charge in [-0.15, -0.1) is 0 Å². The van der Waals surface area contributed by atoms with Crippen LogP contribution in [0, 0.1) is 5.92 Å². The van der Waals surface area contributed by atoms with Crippen molar-refractivity contribution in [3.63, 3.8) is 0 Å². The normalized spacial score (nSPS) is 21.3. The minimum atomic E-state index is -0.414. The van der Waals surface area contributed by atoms with Crippen molar-refractivity contribution in [3.05, 3.63) is 35.9 Å². The number of amides is 1. The van der Waals surface area contributed by atoms with Gasteiger partial charge in [-0.25, -0.2) is 0 Å². The molecule has 0 aromatic heterocycles. The average molecular weight is 287 g/mol. The highest BCUT2D eigenvalue weighted by Gasteiger charge is 2.29. The van der Waals surface area contributed by atoms with E-state index in [1.165, 1.54) is 19.4 Å². The molecule has 1 heterocycles. The van der Waals surface area contributed by atoms with Crippen LogP contribution < -0.4 is 5.73 Å². The zero-order valence-corrected chi connectivity index (χ0v) is 12.6. The molecule has 0 radical (unpaired) electrons. The number of carbonyl (C=O) groups is 1. The van der Waals surface area contributed by atoms with E-state index < -0.39 is 6.04 Å². The average Bonchev–Trinajstić information content (AvgIpc) is 3.32. The highest BCUT2D eigenvalue weighted by molar-refractivity contribution is 5.82. The quantitative estimate of drug-likeness (QED) is 0.882. The summed E-state index contributed by atoms with van der Waals surface area (Å²) in [5, 5.41) is 0. The molecule has 1 amide bonds. The molecule has 4 heteroatoms. The molecular formula is C17H25N3O. The third-order valence-electron chi connectivity index (χ3n) is 4.51. The van der Waals surface area contributed by atoms with Crippen LogP contribution in [0.1, 0.15) is 18.4 Å². The molecule has 2 fully saturated rings. The summed E-state index contributed by atoms with van der Waals surface area (Å²) < 4.78 is 0. The molecule has 0 spiro atoms. The van der Waals surface area contributed by atoms with E-state index in [-0.39, 0.29) is 5.91 Å². The van der Waals surface area contributed by atoms with Crippen LogP contribution >= 0.6 is 0 Å². The Morgan fingerprint density at radius 1 is 1.14 bits per heavy atom. The summed E-state index contributed by atoms with van der Waals surface area (Å²) in [6, 6.07) is 9.60. The van der Waals surface area contributed by atoms with Crippen LogP contribution in [-0.2, 0) is 11.2 Å². The number of piperazine rings is 1. The van der Waals surface area contributed by atoms with E-state index in [0.29, 0.717) is 6.42 Å². The molecule has 1 aromatic rings. The summed E-state index contributed by atoms with van der Waals surface area (Å²) >= 11 is 0. The summed E-state index contributed by atoms with van der Waals surface area (Å²) in [5.41, 5.74) is 7.23. The van der Waals surface area contributed by atoms with Crippen LogP contribution in [-0.4, -0.2) is 54.5 Å². The van der Waals surface area contributed by atoms with E-state index in [9.17, 15) is 4.79 Å². The minimum absolute atomic E-state index is 0.102. The van der Waals surface area contributed by atoms with E-state index in [1.807, 2.05) is 35.2 Å². The van der Waals surface area contributed by atoms with Crippen LogP contribution in [0.2, 0.25) is 0 Å². The molecule has 3 rings (SSSR count). The Bertz CT molecular complexity index is 464. The lowest BCUT2D eigenvalue weighted by atomic mass is 10.1. The summed E-state index contributed by atoms with van der Waals surface area (Å²) in [7, 11) is 0. The van der Waals surface area contributed by atoms with Gasteiger partial charge in [0, 0.05) is 32.7 Å².